The van der Waals surface area contributed by atoms with E-state index in [0.29, 0.717) is 0 Å². The fraction of sp³-hybridized carbons (Fsp3) is 0.556. The zero-order chi connectivity index (χ0) is 8.91. The Morgan fingerprint density at radius 3 is 2.09 bits per heavy atom. The second-order valence-electron chi connectivity index (χ2n) is 3.74. The van der Waals surface area contributed by atoms with Gasteiger partial charge >= 0.3 is 0 Å². The lowest BCUT2D eigenvalue weighted by molar-refractivity contribution is 0.271. The molecule has 1 atom stereocenters. The largest absolute Gasteiger partial charge is 0.385 e. The second kappa shape index (κ2) is 4.52. The van der Waals surface area contributed by atoms with E-state index in [9.17, 15) is 5.11 Å². The van der Waals surface area contributed by atoms with Crippen molar-refractivity contribution in [3.63, 3.8) is 0 Å². The number of rotatable bonds is 3. The Morgan fingerprint density at radius 2 is 1.73 bits per heavy atom. The molecule has 0 spiro atoms. The number of hydrogen-bond donors (Lipinski definition) is 1. The first-order valence-electron chi connectivity index (χ1n) is 3.96. The molecule has 64 valence electrons. The molecule has 1 unspecified atom stereocenters. The molecule has 0 aromatic rings. The third kappa shape index (κ3) is 7.55. The quantitative estimate of drug-likeness (QED) is 0.509. The molecular weight excluding hydrogens is 152 g/mol. The third-order valence-corrected chi connectivity index (χ3v) is 2.38. The van der Waals surface area contributed by atoms with Crippen LogP contribution in [-0.4, -0.2) is 19.3 Å². The molecule has 0 aromatic heterocycles. The SMILES string of the molecule is CC=CC(O)C=C[Si](C)(C)C. The van der Waals surface area contributed by atoms with Gasteiger partial charge in [-0.2, -0.15) is 0 Å². The third-order valence-electron chi connectivity index (χ3n) is 1.18. The predicted octanol–water partition coefficient (Wildman–Crippen LogP) is 2.36. The van der Waals surface area contributed by atoms with Gasteiger partial charge in [-0.25, -0.2) is 0 Å². The van der Waals surface area contributed by atoms with Gasteiger partial charge in [-0.15, -0.1) is 0 Å². The maximum absolute atomic E-state index is 9.26. The van der Waals surface area contributed by atoms with Gasteiger partial charge in [0.25, 0.3) is 0 Å². The zero-order valence-electron chi connectivity index (χ0n) is 7.83. The maximum Gasteiger partial charge on any atom is 0.0898 e. The Balaban J connectivity index is 3.93. The van der Waals surface area contributed by atoms with Gasteiger partial charge in [0.15, 0.2) is 0 Å². The van der Waals surface area contributed by atoms with E-state index >= 15 is 0 Å². The van der Waals surface area contributed by atoms with Crippen LogP contribution >= 0.6 is 0 Å². The molecule has 0 aliphatic heterocycles. The molecule has 11 heavy (non-hydrogen) atoms. The van der Waals surface area contributed by atoms with Crippen LogP contribution in [0.25, 0.3) is 0 Å². The molecule has 0 aromatic carbocycles. The van der Waals surface area contributed by atoms with Crippen molar-refractivity contribution in [3.8, 4) is 0 Å². The summed E-state index contributed by atoms with van der Waals surface area (Å²) in [7, 11) is -1.12. The number of aliphatic hydroxyl groups is 1. The van der Waals surface area contributed by atoms with Crippen molar-refractivity contribution in [3.05, 3.63) is 23.9 Å². The Morgan fingerprint density at radius 1 is 1.18 bits per heavy atom. The van der Waals surface area contributed by atoms with Crippen molar-refractivity contribution in [1.29, 1.82) is 0 Å². The molecule has 0 bridgehead atoms. The average Bonchev–Trinajstić information content (AvgIpc) is 1.83. The topological polar surface area (TPSA) is 20.2 Å². The van der Waals surface area contributed by atoms with Crippen molar-refractivity contribution < 1.29 is 5.11 Å². The molecule has 0 rings (SSSR count). The molecule has 0 fully saturated rings. The summed E-state index contributed by atoms with van der Waals surface area (Å²) in [4.78, 5) is 0. The van der Waals surface area contributed by atoms with Gasteiger partial charge in [-0.05, 0) is 6.92 Å². The minimum Gasteiger partial charge on any atom is -0.385 e. The Labute approximate surface area is 70.5 Å². The molecule has 0 heterocycles. The van der Waals surface area contributed by atoms with E-state index in [1.165, 1.54) is 0 Å². The summed E-state index contributed by atoms with van der Waals surface area (Å²) in [6.07, 6.45) is 5.11. The highest BCUT2D eigenvalue weighted by Gasteiger charge is 2.07. The number of aliphatic hydroxyl groups excluding tert-OH is 1. The lowest BCUT2D eigenvalue weighted by atomic mass is 10.3. The fourth-order valence-electron chi connectivity index (χ4n) is 0.649. The predicted molar refractivity (Wildman–Crippen MR) is 53.3 cm³/mol. The minimum atomic E-state index is -1.12. The highest BCUT2D eigenvalue weighted by atomic mass is 28.3. The first kappa shape index (κ1) is 10.7. The lowest BCUT2D eigenvalue weighted by Gasteiger charge is -2.08. The zero-order valence-corrected chi connectivity index (χ0v) is 8.83. The van der Waals surface area contributed by atoms with Crippen molar-refractivity contribution in [2.75, 3.05) is 0 Å². The van der Waals surface area contributed by atoms with E-state index < -0.39 is 14.2 Å². The van der Waals surface area contributed by atoms with Crippen LogP contribution in [0.5, 0.6) is 0 Å². The molecule has 2 heteroatoms. The van der Waals surface area contributed by atoms with Crippen LogP contribution in [-0.2, 0) is 0 Å². The van der Waals surface area contributed by atoms with Crippen LogP contribution in [0.3, 0.4) is 0 Å². The molecule has 0 radical (unpaired) electrons. The van der Waals surface area contributed by atoms with Gasteiger partial charge in [0.05, 0.1) is 14.2 Å². The molecule has 1 nitrogen and oxygen atoms in total. The summed E-state index contributed by atoms with van der Waals surface area (Å²) in [5.74, 6) is 0. The molecular formula is C9H18OSi. The summed E-state index contributed by atoms with van der Waals surface area (Å²) >= 11 is 0. The van der Waals surface area contributed by atoms with Gasteiger partial charge in [0, 0.05) is 0 Å². The maximum atomic E-state index is 9.26. The molecule has 0 saturated heterocycles. The Hall–Kier alpha value is -0.343. The van der Waals surface area contributed by atoms with Crippen molar-refractivity contribution in [2.45, 2.75) is 32.7 Å². The van der Waals surface area contributed by atoms with E-state index in [0.717, 1.165) is 0 Å². The minimum absolute atomic E-state index is 0.397. The first-order valence-corrected chi connectivity index (χ1v) is 7.53. The van der Waals surface area contributed by atoms with Crippen LogP contribution in [0.4, 0.5) is 0 Å². The fourth-order valence-corrected chi connectivity index (χ4v) is 1.42. The van der Waals surface area contributed by atoms with Crippen LogP contribution in [0.15, 0.2) is 23.9 Å². The molecule has 0 saturated carbocycles. The van der Waals surface area contributed by atoms with E-state index in [2.05, 4.69) is 25.3 Å². The van der Waals surface area contributed by atoms with Crippen LogP contribution in [0, 0.1) is 0 Å². The molecule has 1 N–H and O–H groups in total. The molecule has 0 aliphatic rings. The number of hydrogen-bond acceptors (Lipinski definition) is 1. The summed E-state index contributed by atoms with van der Waals surface area (Å²) in [6, 6.07) is 0. The highest BCUT2D eigenvalue weighted by Crippen LogP contribution is 2.03. The van der Waals surface area contributed by atoms with Crippen molar-refractivity contribution >= 4 is 8.07 Å². The van der Waals surface area contributed by atoms with E-state index in [4.69, 9.17) is 0 Å². The van der Waals surface area contributed by atoms with Crippen LogP contribution in [0.1, 0.15) is 6.92 Å². The summed E-state index contributed by atoms with van der Waals surface area (Å²) in [6.45, 7) is 8.63. The standard InChI is InChI=1S/C9H18OSi/c1-5-6-9(10)7-8-11(2,3)4/h5-10H,1-4H3. The summed E-state index contributed by atoms with van der Waals surface area (Å²) in [5, 5.41) is 9.26. The summed E-state index contributed by atoms with van der Waals surface area (Å²) in [5.41, 5.74) is 2.15. The van der Waals surface area contributed by atoms with Crippen LogP contribution in [0.2, 0.25) is 19.6 Å². The van der Waals surface area contributed by atoms with Gasteiger partial charge in [-0.3, -0.25) is 0 Å². The van der Waals surface area contributed by atoms with Gasteiger partial charge < -0.3 is 5.11 Å². The Kier molecular flexibility index (Phi) is 4.38. The first-order chi connectivity index (χ1) is 4.95. The molecule has 0 aliphatic carbocycles. The average molecular weight is 170 g/mol. The van der Waals surface area contributed by atoms with Crippen LogP contribution < -0.4 is 0 Å². The Bertz CT molecular complexity index is 153. The highest BCUT2D eigenvalue weighted by molar-refractivity contribution is 6.80. The monoisotopic (exact) mass is 170 g/mol. The summed E-state index contributed by atoms with van der Waals surface area (Å²) < 4.78 is 0. The lowest BCUT2D eigenvalue weighted by Crippen LogP contribution is -2.16. The normalized spacial score (nSPS) is 16.5. The van der Waals surface area contributed by atoms with Crippen molar-refractivity contribution in [1.82, 2.24) is 0 Å². The second-order valence-corrected chi connectivity index (χ2v) is 8.81. The molecule has 0 amide bonds. The van der Waals surface area contributed by atoms with Gasteiger partial charge in [0.2, 0.25) is 0 Å². The number of allylic oxidation sites excluding steroid dienone is 1. The van der Waals surface area contributed by atoms with Gasteiger partial charge in [-0.1, -0.05) is 43.6 Å². The van der Waals surface area contributed by atoms with Gasteiger partial charge in [0.1, 0.15) is 0 Å². The smallest absolute Gasteiger partial charge is 0.0898 e. The van der Waals surface area contributed by atoms with Crippen molar-refractivity contribution in [2.24, 2.45) is 0 Å². The van der Waals surface area contributed by atoms with E-state index in [-0.39, 0.29) is 0 Å². The van der Waals surface area contributed by atoms with E-state index in [1.807, 2.05) is 19.1 Å². The van der Waals surface area contributed by atoms with E-state index in [1.54, 1.807) is 6.08 Å².